The SMILES string of the molecule is COCC(C)NC(N)=NC1CCn2ccnc2C1.I. The minimum Gasteiger partial charge on any atom is -0.383 e. The molecule has 0 saturated carbocycles. The lowest BCUT2D eigenvalue weighted by atomic mass is 10.1. The highest BCUT2D eigenvalue weighted by Crippen LogP contribution is 2.15. The van der Waals surface area contributed by atoms with Crippen molar-refractivity contribution in [3.05, 3.63) is 18.2 Å². The van der Waals surface area contributed by atoms with Crippen molar-refractivity contribution in [1.29, 1.82) is 0 Å². The average molecular weight is 379 g/mol. The van der Waals surface area contributed by atoms with Gasteiger partial charge in [0.25, 0.3) is 0 Å². The predicted molar refractivity (Wildman–Crippen MR) is 85.8 cm³/mol. The Balaban J connectivity index is 0.00000180. The van der Waals surface area contributed by atoms with Gasteiger partial charge in [0.05, 0.1) is 12.6 Å². The largest absolute Gasteiger partial charge is 0.383 e. The molecule has 1 aromatic rings. The number of nitrogens with two attached hydrogens (primary N) is 1. The van der Waals surface area contributed by atoms with E-state index < -0.39 is 0 Å². The number of halogens is 1. The van der Waals surface area contributed by atoms with Gasteiger partial charge < -0.3 is 20.4 Å². The Morgan fingerprint density at radius 2 is 2.53 bits per heavy atom. The van der Waals surface area contributed by atoms with E-state index in [2.05, 4.69) is 19.9 Å². The van der Waals surface area contributed by atoms with Gasteiger partial charge in [0, 0.05) is 38.5 Å². The molecule has 0 bridgehead atoms. The summed E-state index contributed by atoms with van der Waals surface area (Å²) in [4.78, 5) is 8.83. The molecule has 2 heterocycles. The summed E-state index contributed by atoms with van der Waals surface area (Å²) in [6.45, 7) is 3.59. The van der Waals surface area contributed by atoms with Crippen molar-refractivity contribution in [3.8, 4) is 0 Å². The van der Waals surface area contributed by atoms with Gasteiger partial charge in [-0.3, -0.25) is 0 Å². The van der Waals surface area contributed by atoms with E-state index in [-0.39, 0.29) is 36.1 Å². The third-order valence-electron chi connectivity index (χ3n) is 3.06. The number of aromatic nitrogens is 2. The first-order valence-electron chi connectivity index (χ1n) is 6.27. The van der Waals surface area contributed by atoms with Crippen LogP contribution in [0.2, 0.25) is 0 Å². The van der Waals surface area contributed by atoms with Crippen LogP contribution in [0, 0.1) is 0 Å². The van der Waals surface area contributed by atoms with Gasteiger partial charge in [-0.05, 0) is 13.3 Å². The first-order chi connectivity index (χ1) is 8.69. The predicted octanol–water partition coefficient (Wildman–Crippen LogP) is 0.755. The van der Waals surface area contributed by atoms with Gasteiger partial charge in [-0.1, -0.05) is 0 Å². The minimum absolute atomic E-state index is 0. The Kier molecular flexibility index (Phi) is 6.56. The highest BCUT2D eigenvalue weighted by Gasteiger charge is 2.18. The summed E-state index contributed by atoms with van der Waals surface area (Å²) in [5, 5.41) is 3.12. The second kappa shape index (κ2) is 7.68. The number of fused-ring (bicyclic) bond motifs is 1. The third kappa shape index (κ3) is 4.64. The van der Waals surface area contributed by atoms with Crippen molar-refractivity contribution in [2.75, 3.05) is 13.7 Å². The van der Waals surface area contributed by atoms with Crippen molar-refractivity contribution in [2.24, 2.45) is 10.7 Å². The number of guanidine groups is 1. The maximum absolute atomic E-state index is 5.89. The maximum atomic E-state index is 5.89. The van der Waals surface area contributed by atoms with Gasteiger partial charge in [-0.15, -0.1) is 24.0 Å². The number of ether oxygens (including phenoxy) is 1. The lowest BCUT2D eigenvalue weighted by Crippen LogP contribution is -2.42. The summed E-state index contributed by atoms with van der Waals surface area (Å²) in [5.74, 6) is 1.58. The summed E-state index contributed by atoms with van der Waals surface area (Å²) in [6.07, 6.45) is 5.71. The number of methoxy groups -OCH3 is 1. The smallest absolute Gasteiger partial charge is 0.189 e. The van der Waals surface area contributed by atoms with E-state index in [9.17, 15) is 0 Å². The van der Waals surface area contributed by atoms with Crippen LogP contribution in [-0.4, -0.2) is 41.3 Å². The fourth-order valence-corrected chi connectivity index (χ4v) is 2.22. The van der Waals surface area contributed by atoms with Crippen LogP contribution in [0.25, 0.3) is 0 Å². The van der Waals surface area contributed by atoms with Gasteiger partial charge in [-0.2, -0.15) is 0 Å². The molecule has 2 rings (SSSR count). The molecule has 1 aliphatic heterocycles. The van der Waals surface area contributed by atoms with E-state index in [1.807, 2.05) is 19.3 Å². The molecule has 0 aromatic carbocycles. The number of nitrogens with one attached hydrogen (secondary N) is 1. The first kappa shape index (κ1) is 16.2. The third-order valence-corrected chi connectivity index (χ3v) is 3.06. The molecule has 2 unspecified atom stereocenters. The van der Waals surface area contributed by atoms with E-state index in [4.69, 9.17) is 10.5 Å². The molecule has 1 aliphatic rings. The van der Waals surface area contributed by atoms with Crippen molar-refractivity contribution in [1.82, 2.24) is 14.9 Å². The molecule has 0 spiro atoms. The maximum Gasteiger partial charge on any atom is 0.189 e. The van der Waals surface area contributed by atoms with Crippen LogP contribution in [0.15, 0.2) is 17.4 Å². The average Bonchev–Trinajstić information content (AvgIpc) is 2.76. The molecule has 0 fully saturated rings. The number of imidazole rings is 1. The fourth-order valence-electron chi connectivity index (χ4n) is 2.22. The van der Waals surface area contributed by atoms with E-state index >= 15 is 0 Å². The first-order valence-corrected chi connectivity index (χ1v) is 6.27. The number of hydrogen-bond acceptors (Lipinski definition) is 3. The molecule has 0 amide bonds. The minimum atomic E-state index is 0. The van der Waals surface area contributed by atoms with Crippen molar-refractivity contribution >= 4 is 29.9 Å². The molecule has 7 heteroatoms. The Morgan fingerprint density at radius 3 is 3.26 bits per heavy atom. The number of aryl methyl sites for hydroxylation is 1. The molecule has 0 saturated heterocycles. The number of nitrogens with zero attached hydrogens (tertiary/aromatic N) is 3. The van der Waals surface area contributed by atoms with Gasteiger partial charge >= 0.3 is 0 Å². The lowest BCUT2D eigenvalue weighted by Gasteiger charge is -2.21. The van der Waals surface area contributed by atoms with Gasteiger partial charge in [0.1, 0.15) is 5.82 Å². The number of aliphatic imine (C=N–C) groups is 1. The van der Waals surface area contributed by atoms with Crippen molar-refractivity contribution in [2.45, 2.75) is 38.4 Å². The van der Waals surface area contributed by atoms with E-state index in [0.717, 1.165) is 25.2 Å². The number of rotatable bonds is 4. The second-order valence-corrected chi connectivity index (χ2v) is 4.70. The quantitative estimate of drug-likeness (QED) is 0.460. The molecule has 3 N–H and O–H groups in total. The van der Waals surface area contributed by atoms with Crippen molar-refractivity contribution < 1.29 is 4.74 Å². The molecular formula is C12H22IN5O. The van der Waals surface area contributed by atoms with Crippen LogP contribution in [0.4, 0.5) is 0 Å². The standard InChI is InChI=1S/C12H21N5O.HI/c1-9(8-18-2)15-12(13)16-10-3-5-17-6-4-14-11(17)7-10;/h4,6,9-10H,3,5,7-8H2,1-2H3,(H3,13,15,16);1H. The van der Waals surface area contributed by atoms with Gasteiger partial charge in [0.15, 0.2) is 5.96 Å². The summed E-state index contributed by atoms with van der Waals surface area (Å²) in [7, 11) is 1.67. The molecule has 2 atom stereocenters. The summed E-state index contributed by atoms with van der Waals surface area (Å²) < 4.78 is 7.21. The topological polar surface area (TPSA) is 77.5 Å². The van der Waals surface area contributed by atoms with Crippen LogP contribution >= 0.6 is 24.0 Å². The van der Waals surface area contributed by atoms with Gasteiger partial charge in [0.2, 0.25) is 0 Å². The summed E-state index contributed by atoms with van der Waals surface area (Å²) in [5.41, 5.74) is 5.89. The summed E-state index contributed by atoms with van der Waals surface area (Å²) in [6, 6.07) is 0.395. The van der Waals surface area contributed by atoms with Crippen LogP contribution < -0.4 is 11.1 Å². The highest BCUT2D eigenvalue weighted by atomic mass is 127. The van der Waals surface area contributed by atoms with E-state index in [1.54, 1.807) is 7.11 Å². The van der Waals surface area contributed by atoms with Crippen molar-refractivity contribution in [3.63, 3.8) is 0 Å². The molecule has 108 valence electrons. The van der Waals surface area contributed by atoms with Crippen LogP contribution in [-0.2, 0) is 17.7 Å². The van der Waals surface area contributed by atoms with Crippen LogP contribution in [0.1, 0.15) is 19.2 Å². The van der Waals surface area contributed by atoms with Gasteiger partial charge in [-0.25, -0.2) is 9.98 Å². The van der Waals surface area contributed by atoms with E-state index in [0.29, 0.717) is 12.6 Å². The van der Waals surface area contributed by atoms with Crippen LogP contribution in [0.5, 0.6) is 0 Å². The zero-order valence-electron chi connectivity index (χ0n) is 11.4. The fraction of sp³-hybridized carbons (Fsp3) is 0.667. The summed E-state index contributed by atoms with van der Waals surface area (Å²) >= 11 is 0. The number of hydrogen-bond donors (Lipinski definition) is 2. The highest BCUT2D eigenvalue weighted by molar-refractivity contribution is 14.0. The normalized spacial score (nSPS) is 20.3. The molecule has 6 nitrogen and oxygen atoms in total. The Labute approximate surface area is 130 Å². The molecule has 0 aliphatic carbocycles. The van der Waals surface area contributed by atoms with E-state index in [1.165, 1.54) is 0 Å². The second-order valence-electron chi connectivity index (χ2n) is 4.70. The molecule has 0 radical (unpaired) electrons. The zero-order valence-corrected chi connectivity index (χ0v) is 13.7. The Morgan fingerprint density at radius 1 is 1.74 bits per heavy atom. The zero-order chi connectivity index (χ0) is 13.0. The Hall–Kier alpha value is -0.830. The molecule has 19 heavy (non-hydrogen) atoms. The monoisotopic (exact) mass is 379 g/mol. The van der Waals surface area contributed by atoms with Crippen LogP contribution in [0.3, 0.4) is 0 Å². The molecular weight excluding hydrogens is 357 g/mol. The molecule has 1 aromatic heterocycles. The lowest BCUT2D eigenvalue weighted by molar-refractivity contribution is 0.179. The Bertz CT molecular complexity index is 420.